The number of phenols is 4. The summed E-state index contributed by atoms with van der Waals surface area (Å²) in [5, 5.41) is 37.7. The Morgan fingerprint density at radius 1 is 0.864 bits per heavy atom. The van der Waals surface area contributed by atoms with Gasteiger partial charge in [0, 0.05) is 17.7 Å². The monoisotopic (exact) mass is 304 g/mol. The van der Waals surface area contributed by atoms with Gasteiger partial charge < -0.3 is 30.3 Å². The van der Waals surface area contributed by atoms with Gasteiger partial charge in [0.2, 0.25) is 5.75 Å². The maximum absolute atomic E-state index is 12.1. The maximum Gasteiger partial charge on any atom is 0.201 e. The minimum atomic E-state index is -0.771. The zero-order valence-corrected chi connectivity index (χ0v) is 11.1. The van der Waals surface area contributed by atoms with Crippen molar-refractivity contribution in [2.24, 2.45) is 0 Å². The van der Waals surface area contributed by atoms with Gasteiger partial charge in [0.15, 0.2) is 16.9 Å². The Bertz CT molecular complexity index is 894. The molecule has 0 aliphatic heterocycles. The van der Waals surface area contributed by atoms with E-state index in [1.807, 2.05) is 0 Å². The van der Waals surface area contributed by atoms with Gasteiger partial charge in [0.25, 0.3) is 0 Å². The number of hydrogen-bond acceptors (Lipinski definition) is 6. The van der Waals surface area contributed by atoms with Crippen molar-refractivity contribution in [1.82, 2.24) is 0 Å². The van der Waals surface area contributed by atoms with Crippen LogP contribution in [0.15, 0.2) is 45.6 Å². The van der Waals surface area contributed by atoms with E-state index in [9.17, 15) is 25.2 Å². The highest BCUT2D eigenvalue weighted by molar-refractivity contribution is 5.89. The van der Waals surface area contributed by atoms with Crippen LogP contribution in [0, 0.1) is 0 Å². The Balaban J connectivity index is 0.00000176. The van der Waals surface area contributed by atoms with Crippen LogP contribution in [-0.4, -0.2) is 25.9 Å². The van der Waals surface area contributed by atoms with Crippen molar-refractivity contribution in [1.29, 1.82) is 0 Å². The normalized spacial score (nSPS) is 10.4. The SMILES string of the molecule is O.O=c1cc(-c2ccc(O)cc2)oc2cc(O)c(O)c(O)c12. The molecule has 3 rings (SSSR count). The summed E-state index contributed by atoms with van der Waals surface area (Å²) in [6.45, 7) is 0. The van der Waals surface area contributed by atoms with Crippen LogP contribution in [0.1, 0.15) is 0 Å². The fourth-order valence-electron chi connectivity index (χ4n) is 2.05. The lowest BCUT2D eigenvalue weighted by molar-refractivity contribution is 0.370. The molecule has 22 heavy (non-hydrogen) atoms. The third-order valence-corrected chi connectivity index (χ3v) is 3.10. The van der Waals surface area contributed by atoms with E-state index in [2.05, 4.69) is 0 Å². The molecular formula is C15H12O7. The Labute approximate surface area is 123 Å². The molecule has 0 amide bonds. The molecule has 0 unspecified atom stereocenters. The van der Waals surface area contributed by atoms with E-state index in [1.165, 1.54) is 12.1 Å². The first-order chi connectivity index (χ1) is 9.97. The van der Waals surface area contributed by atoms with Crippen LogP contribution in [0.4, 0.5) is 0 Å². The predicted molar refractivity (Wildman–Crippen MR) is 78.2 cm³/mol. The van der Waals surface area contributed by atoms with Gasteiger partial charge in [-0.15, -0.1) is 0 Å². The number of phenolic OH excluding ortho intramolecular Hbond substituents is 4. The van der Waals surface area contributed by atoms with Crippen LogP contribution in [-0.2, 0) is 0 Å². The quantitative estimate of drug-likeness (QED) is 0.501. The molecule has 0 bridgehead atoms. The molecule has 1 aromatic heterocycles. The Kier molecular flexibility index (Phi) is 3.66. The van der Waals surface area contributed by atoms with Crippen molar-refractivity contribution in [2.75, 3.05) is 0 Å². The Morgan fingerprint density at radius 2 is 1.50 bits per heavy atom. The summed E-state index contributed by atoms with van der Waals surface area (Å²) in [6, 6.07) is 8.19. The molecular weight excluding hydrogens is 292 g/mol. The summed E-state index contributed by atoms with van der Waals surface area (Å²) in [4.78, 5) is 12.1. The molecule has 3 aromatic rings. The molecule has 2 aromatic carbocycles. The first-order valence-corrected chi connectivity index (χ1v) is 5.98. The Hall–Kier alpha value is -3.19. The van der Waals surface area contributed by atoms with Crippen LogP contribution in [0.2, 0.25) is 0 Å². The summed E-state index contributed by atoms with van der Waals surface area (Å²) in [5.41, 5.74) is -0.0793. The van der Waals surface area contributed by atoms with E-state index in [4.69, 9.17) is 4.42 Å². The van der Waals surface area contributed by atoms with E-state index in [0.717, 1.165) is 12.1 Å². The predicted octanol–water partition coefficient (Wildman–Crippen LogP) is 1.46. The van der Waals surface area contributed by atoms with E-state index >= 15 is 0 Å². The molecule has 0 saturated heterocycles. The summed E-state index contributed by atoms with van der Waals surface area (Å²) >= 11 is 0. The second-order valence-corrected chi connectivity index (χ2v) is 4.49. The van der Waals surface area contributed by atoms with Gasteiger partial charge in [0.1, 0.15) is 22.5 Å². The highest BCUT2D eigenvalue weighted by Gasteiger charge is 2.17. The summed E-state index contributed by atoms with van der Waals surface area (Å²) in [7, 11) is 0. The molecule has 0 aliphatic carbocycles. The van der Waals surface area contributed by atoms with Crippen molar-refractivity contribution in [3.63, 3.8) is 0 Å². The van der Waals surface area contributed by atoms with E-state index in [-0.39, 0.29) is 28.0 Å². The van der Waals surface area contributed by atoms with Crippen molar-refractivity contribution < 1.29 is 30.3 Å². The largest absolute Gasteiger partial charge is 0.508 e. The van der Waals surface area contributed by atoms with E-state index < -0.39 is 22.7 Å². The van der Waals surface area contributed by atoms with Gasteiger partial charge >= 0.3 is 0 Å². The highest BCUT2D eigenvalue weighted by atomic mass is 16.3. The molecule has 7 heteroatoms. The van der Waals surface area contributed by atoms with Crippen molar-refractivity contribution in [3.05, 3.63) is 46.6 Å². The number of fused-ring (bicyclic) bond motifs is 1. The fourth-order valence-corrected chi connectivity index (χ4v) is 2.05. The fraction of sp³-hybridized carbons (Fsp3) is 0. The Morgan fingerprint density at radius 3 is 2.14 bits per heavy atom. The molecule has 0 radical (unpaired) electrons. The molecule has 0 saturated carbocycles. The standard InChI is InChI=1S/C15H10O6.H2O/c16-8-3-1-7(2-4-8)11-5-9(17)13-12(21-11)6-10(18)14(19)15(13)20;/h1-6,16,18-20H;1H2. The molecule has 0 spiro atoms. The van der Waals surface area contributed by atoms with Crippen molar-refractivity contribution in [3.8, 4) is 34.3 Å². The number of rotatable bonds is 1. The van der Waals surface area contributed by atoms with Crippen molar-refractivity contribution >= 4 is 11.0 Å². The molecule has 0 atom stereocenters. The van der Waals surface area contributed by atoms with Crippen LogP contribution in [0.3, 0.4) is 0 Å². The molecule has 1 heterocycles. The van der Waals surface area contributed by atoms with Crippen LogP contribution >= 0.6 is 0 Å². The summed E-state index contributed by atoms with van der Waals surface area (Å²) in [5.74, 6) is -1.81. The van der Waals surface area contributed by atoms with Crippen molar-refractivity contribution in [2.45, 2.75) is 0 Å². The minimum Gasteiger partial charge on any atom is -0.508 e. The first-order valence-electron chi connectivity index (χ1n) is 5.98. The van der Waals surface area contributed by atoms with Gasteiger partial charge in [-0.2, -0.15) is 0 Å². The molecule has 0 fully saturated rings. The topological polar surface area (TPSA) is 143 Å². The lowest BCUT2D eigenvalue weighted by Crippen LogP contribution is -2.00. The lowest BCUT2D eigenvalue weighted by atomic mass is 10.1. The van der Waals surface area contributed by atoms with E-state index in [0.29, 0.717) is 5.56 Å². The molecule has 7 nitrogen and oxygen atoms in total. The van der Waals surface area contributed by atoms with Gasteiger partial charge in [0.05, 0.1) is 0 Å². The average molecular weight is 304 g/mol. The van der Waals surface area contributed by atoms with Crippen LogP contribution < -0.4 is 5.43 Å². The van der Waals surface area contributed by atoms with Gasteiger partial charge in [-0.1, -0.05) is 0 Å². The maximum atomic E-state index is 12.1. The first kappa shape index (κ1) is 15.2. The van der Waals surface area contributed by atoms with Gasteiger partial charge in [-0.05, 0) is 24.3 Å². The average Bonchev–Trinajstić information content (AvgIpc) is 2.45. The molecule has 114 valence electrons. The lowest BCUT2D eigenvalue weighted by Gasteiger charge is -2.07. The summed E-state index contributed by atoms with van der Waals surface area (Å²) < 4.78 is 5.47. The second kappa shape index (κ2) is 5.30. The van der Waals surface area contributed by atoms with Gasteiger partial charge in [-0.25, -0.2) is 0 Å². The van der Waals surface area contributed by atoms with Gasteiger partial charge in [-0.3, -0.25) is 4.79 Å². The third kappa shape index (κ3) is 2.29. The number of hydrogen-bond donors (Lipinski definition) is 4. The molecule has 0 aliphatic rings. The number of aromatic hydroxyl groups is 4. The van der Waals surface area contributed by atoms with Crippen LogP contribution in [0.25, 0.3) is 22.3 Å². The minimum absolute atomic E-state index is 0. The second-order valence-electron chi connectivity index (χ2n) is 4.49. The third-order valence-electron chi connectivity index (χ3n) is 3.10. The highest BCUT2D eigenvalue weighted by Crippen LogP contribution is 2.40. The summed E-state index contributed by atoms with van der Waals surface area (Å²) in [6.07, 6.45) is 0. The molecule has 6 N–H and O–H groups in total. The van der Waals surface area contributed by atoms with E-state index in [1.54, 1.807) is 12.1 Å². The zero-order valence-electron chi connectivity index (χ0n) is 11.1. The van der Waals surface area contributed by atoms with Crippen LogP contribution in [0.5, 0.6) is 23.0 Å². The zero-order chi connectivity index (χ0) is 15.1. The smallest absolute Gasteiger partial charge is 0.201 e. The number of benzene rings is 2.